The Hall–Kier alpha value is -1.42. The smallest absolute Gasteiger partial charge is 0.311 e. The van der Waals surface area contributed by atoms with E-state index in [1.165, 1.54) is 0 Å². The van der Waals surface area contributed by atoms with Crippen LogP contribution in [0.3, 0.4) is 0 Å². The molecule has 1 unspecified atom stereocenters. The Kier molecular flexibility index (Phi) is 2.92. The van der Waals surface area contributed by atoms with Gasteiger partial charge in [-0.05, 0) is 37.4 Å². The summed E-state index contributed by atoms with van der Waals surface area (Å²) in [6.07, 6.45) is 4.79. The summed E-state index contributed by atoms with van der Waals surface area (Å²) in [5.74, 6) is -0.709. The lowest BCUT2D eigenvalue weighted by molar-refractivity contribution is -0.147. The molecule has 0 saturated carbocycles. The lowest BCUT2D eigenvalue weighted by Gasteiger charge is -2.22. The van der Waals surface area contributed by atoms with Crippen molar-refractivity contribution in [3.05, 3.63) is 29.6 Å². The third kappa shape index (κ3) is 2.07. The van der Waals surface area contributed by atoms with Gasteiger partial charge in [0.15, 0.2) is 0 Å². The van der Waals surface area contributed by atoms with Crippen LogP contribution >= 0.6 is 0 Å². The van der Waals surface area contributed by atoms with Gasteiger partial charge < -0.3 is 10.4 Å². The number of aromatic nitrogens is 1. The van der Waals surface area contributed by atoms with Crippen molar-refractivity contribution in [1.29, 1.82) is 0 Å². The summed E-state index contributed by atoms with van der Waals surface area (Å²) in [7, 11) is 0. The van der Waals surface area contributed by atoms with E-state index in [-0.39, 0.29) is 0 Å². The maximum Gasteiger partial charge on any atom is 0.311 e. The molecule has 2 N–H and O–H groups in total. The largest absolute Gasteiger partial charge is 0.481 e. The van der Waals surface area contributed by atoms with Crippen LogP contribution in [-0.4, -0.2) is 29.1 Å². The highest BCUT2D eigenvalue weighted by atomic mass is 16.4. The molecule has 0 amide bonds. The molecule has 4 heteroatoms. The molecular weight excluding hydrogens is 204 g/mol. The van der Waals surface area contributed by atoms with E-state index in [1.807, 2.05) is 13.0 Å². The second kappa shape index (κ2) is 4.22. The van der Waals surface area contributed by atoms with Crippen LogP contribution in [0.5, 0.6) is 0 Å². The van der Waals surface area contributed by atoms with Crippen molar-refractivity contribution in [2.24, 2.45) is 5.41 Å². The molecule has 1 aromatic rings. The Morgan fingerprint density at radius 2 is 2.44 bits per heavy atom. The molecule has 1 fully saturated rings. The average Bonchev–Trinajstić information content (AvgIpc) is 2.67. The molecule has 16 heavy (non-hydrogen) atoms. The van der Waals surface area contributed by atoms with Crippen LogP contribution in [0, 0.1) is 12.3 Å². The zero-order valence-electron chi connectivity index (χ0n) is 9.36. The first-order valence-electron chi connectivity index (χ1n) is 5.47. The minimum atomic E-state index is -0.709. The SMILES string of the molecule is Cc1cncc(CC2(C(=O)O)CCNC2)c1. The van der Waals surface area contributed by atoms with Crippen molar-refractivity contribution in [2.75, 3.05) is 13.1 Å². The van der Waals surface area contributed by atoms with Crippen LogP contribution < -0.4 is 5.32 Å². The number of rotatable bonds is 3. The number of carboxylic acid groups (broad SMARTS) is 1. The van der Waals surface area contributed by atoms with E-state index in [1.54, 1.807) is 12.4 Å². The zero-order chi connectivity index (χ0) is 11.6. The third-order valence-electron chi connectivity index (χ3n) is 3.17. The van der Waals surface area contributed by atoms with Gasteiger partial charge in [-0.3, -0.25) is 9.78 Å². The number of aryl methyl sites for hydroxylation is 1. The molecule has 1 aliphatic heterocycles. The lowest BCUT2D eigenvalue weighted by atomic mass is 9.81. The Labute approximate surface area is 94.7 Å². The van der Waals surface area contributed by atoms with Crippen LogP contribution in [-0.2, 0) is 11.2 Å². The summed E-state index contributed by atoms with van der Waals surface area (Å²) >= 11 is 0. The first-order valence-corrected chi connectivity index (χ1v) is 5.47. The van der Waals surface area contributed by atoms with Crippen LogP contribution in [0.4, 0.5) is 0 Å². The van der Waals surface area contributed by atoms with E-state index in [4.69, 9.17) is 0 Å². The van der Waals surface area contributed by atoms with E-state index in [0.29, 0.717) is 19.4 Å². The number of aliphatic carboxylic acids is 1. The third-order valence-corrected chi connectivity index (χ3v) is 3.17. The molecule has 0 bridgehead atoms. The fraction of sp³-hybridized carbons (Fsp3) is 0.500. The summed E-state index contributed by atoms with van der Waals surface area (Å²) < 4.78 is 0. The molecule has 2 rings (SSSR count). The normalized spacial score (nSPS) is 24.6. The number of carbonyl (C=O) groups is 1. The van der Waals surface area contributed by atoms with Crippen LogP contribution in [0.25, 0.3) is 0 Å². The quantitative estimate of drug-likeness (QED) is 0.797. The van der Waals surface area contributed by atoms with E-state index < -0.39 is 11.4 Å². The van der Waals surface area contributed by atoms with Gasteiger partial charge in [-0.1, -0.05) is 6.07 Å². The number of nitrogens with one attached hydrogen (secondary N) is 1. The summed E-state index contributed by atoms with van der Waals surface area (Å²) in [5, 5.41) is 12.5. The fourth-order valence-corrected chi connectivity index (χ4v) is 2.26. The molecular formula is C12H16N2O2. The van der Waals surface area contributed by atoms with Gasteiger partial charge in [-0.15, -0.1) is 0 Å². The van der Waals surface area contributed by atoms with Crippen molar-refractivity contribution < 1.29 is 9.90 Å². The zero-order valence-corrected chi connectivity index (χ0v) is 9.36. The highest BCUT2D eigenvalue weighted by Crippen LogP contribution is 2.30. The van der Waals surface area contributed by atoms with Crippen LogP contribution in [0.15, 0.2) is 18.5 Å². The second-order valence-corrected chi connectivity index (χ2v) is 4.56. The van der Waals surface area contributed by atoms with Gasteiger partial charge in [0.05, 0.1) is 5.41 Å². The molecule has 0 spiro atoms. The van der Waals surface area contributed by atoms with Gasteiger partial charge in [-0.2, -0.15) is 0 Å². The molecule has 1 atom stereocenters. The van der Waals surface area contributed by atoms with Crippen molar-refractivity contribution >= 4 is 5.97 Å². The Morgan fingerprint density at radius 3 is 3.00 bits per heavy atom. The summed E-state index contributed by atoms with van der Waals surface area (Å²) in [4.78, 5) is 15.5. The molecule has 1 aromatic heterocycles. The lowest BCUT2D eigenvalue weighted by Crippen LogP contribution is -2.35. The average molecular weight is 220 g/mol. The number of hydrogen-bond donors (Lipinski definition) is 2. The van der Waals surface area contributed by atoms with Gasteiger partial charge in [0.25, 0.3) is 0 Å². The van der Waals surface area contributed by atoms with Gasteiger partial charge in [0, 0.05) is 18.9 Å². The highest BCUT2D eigenvalue weighted by molar-refractivity contribution is 5.76. The minimum absolute atomic E-state index is 0.552. The Balaban J connectivity index is 2.21. The molecule has 4 nitrogen and oxygen atoms in total. The monoisotopic (exact) mass is 220 g/mol. The predicted molar refractivity (Wildman–Crippen MR) is 60.2 cm³/mol. The van der Waals surface area contributed by atoms with Crippen molar-refractivity contribution in [3.63, 3.8) is 0 Å². The van der Waals surface area contributed by atoms with E-state index in [0.717, 1.165) is 17.7 Å². The topological polar surface area (TPSA) is 62.2 Å². The van der Waals surface area contributed by atoms with Crippen molar-refractivity contribution in [1.82, 2.24) is 10.3 Å². The first-order chi connectivity index (χ1) is 7.62. The molecule has 2 heterocycles. The van der Waals surface area contributed by atoms with Gasteiger partial charge in [0.2, 0.25) is 0 Å². The van der Waals surface area contributed by atoms with E-state index in [2.05, 4.69) is 10.3 Å². The number of nitrogens with zero attached hydrogens (tertiary/aromatic N) is 1. The van der Waals surface area contributed by atoms with Crippen molar-refractivity contribution in [2.45, 2.75) is 19.8 Å². The van der Waals surface area contributed by atoms with E-state index in [9.17, 15) is 9.90 Å². The Morgan fingerprint density at radius 1 is 1.62 bits per heavy atom. The van der Waals surface area contributed by atoms with Gasteiger partial charge in [0.1, 0.15) is 0 Å². The summed E-state index contributed by atoms with van der Waals surface area (Å²) in [6, 6.07) is 2.01. The molecule has 1 saturated heterocycles. The molecule has 1 aliphatic rings. The molecule has 0 aromatic carbocycles. The standard InChI is InChI=1S/C12H16N2O2/c1-9-4-10(7-14-6-9)5-12(11(15)16)2-3-13-8-12/h4,6-7,13H,2-3,5,8H2,1H3,(H,15,16). The van der Waals surface area contributed by atoms with Gasteiger partial charge >= 0.3 is 5.97 Å². The van der Waals surface area contributed by atoms with Crippen LogP contribution in [0.1, 0.15) is 17.5 Å². The molecule has 86 valence electrons. The highest BCUT2D eigenvalue weighted by Gasteiger charge is 2.41. The molecule has 0 aliphatic carbocycles. The second-order valence-electron chi connectivity index (χ2n) is 4.56. The predicted octanol–water partition coefficient (Wildman–Crippen LogP) is 0.997. The van der Waals surface area contributed by atoms with Crippen LogP contribution in [0.2, 0.25) is 0 Å². The summed E-state index contributed by atoms with van der Waals surface area (Å²) in [5.41, 5.74) is 1.44. The number of hydrogen-bond acceptors (Lipinski definition) is 3. The maximum absolute atomic E-state index is 11.4. The first kappa shape index (κ1) is 11.1. The number of carboxylic acids is 1. The minimum Gasteiger partial charge on any atom is -0.481 e. The van der Waals surface area contributed by atoms with E-state index >= 15 is 0 Å². The van der Waals surface area contributed by atoms with Crippen molar-refractivity contribution in [3.8, 4) is 0 Å². The maximum atomic E-state index is 11.4. The Bertz CT molecular complexity index is 398. The summed E-state index contributed by atoms with van der Waals surface area (Å²) in [6.45, 7) is 3.30. The van der Waals surface area contributed by atoms with Gasteiger partial charge in [-0.25, -0.2) is 0 Å². The molecule has 0 radical (unpaired) electrons. The number of pyridine rings is 1. The fourth-order valence-electron chi connectivity index (χ4n) is 2.26.